The van der Waals surface area contributed by atoms with E-state index in [2.05, 4.69) is 11.6 Å². The molecule has 1 fully saturated rings. The second-order valence-electron chi connectivity index (χ2n) is 7.27. The van der Waals surface area contributed by atoms with Crippen LogP contribution in [0.4, 0.5) is 5.69 Å². The third-order valence-electron chi connectivity index (χ3n) is 5.13. The van der Waals surface area contributed by atoms with Crippen LogP contribution in [0.2, 0.25) is 0 Å². The number of nitrogens with zero attached hydrogens (tertiary/aromatic N) is 1. The summed E-state index contributed by atoms with van der Waals surface area (Å²) < 4.78 is 33.6. The van der Waals surface area contributed by atoms with Gasteiger partial charge in [-0.25, -0.2) is 8.42 Å². The Balaban J connectivity index is 1.82. The van der Waals surface area contributed by atoms with Crippen LogP contribution in [-0.4, -0.2) is 39.4 Å². The smallest absolute Gasteiger partial charge is 0.261 e. The molecule has 0 saturated carbocycles. The van der Waals surface area contributed by atoms with Gasteiger partial charge in [-0.1, -0.05) is 25.5 Å². The highest BCUT2D eigenvalue weighted by Gasteiger charge is 2.25. The van der Waals surface area contributed by atoms with Crippen molar-refractivity contribution in [2.24, 2.45) is 0 Å². The Kier molecular flexibility index (Phi) is 6.79. The fraction of sp³-hybridized carbons (Fsp3) is 0.409. The molecule has 0 atom stereocenters. The van der Waals surface area contributed by atoms with Gasteiger partial charge in [0, 0.05) is 18.8 Å². The molecule has 7 heteroatoms. The Morgan fingerprint density at radius 1 is 1.10 bits per heavy atom. The van der Waals surface area contributed by atoms with Crippen LogP contribution in [0, 0.1) is 0 Å². The van der Waals surface area contributed by atoms with Crippen LogP contribution in [0.15, 0.2) is 47.4 Å². The first kappa shape index (κ1) is 21.2. The van der Waals surface area contributed by atoms with Crippen molar-refractivity contribution in [1.29, 1.82) is 0 Å². The van der Waals surface area contributed by atoms with E-state index in [1.54, 1.807) is 17.0 Å². The molecule has 3 rings (SSSR count). The number of methoxy groups -OCH3 is 1. The van der Waals surface area contributed by atoms with Gasteiger partial charge in [-0.3, -0.25) is 9.52 Å². The normalized spacial score (nSPS) is 14.1. The Morgan fingerprint density at radius 3 is 2.41 bits per heavy atom. The van der Waals surface area contributed by atoms with E-state index in [9.17, 15) is 13.2 Å². The van der Waals surface area contributed by atoms with Crippen LogP contribution in [0.1, 0.15) is 48.5 Å². The number of unbranched alkanes of at least 4 members (excludes halogenated alkanes) is 1. The van der Waals surface area contributed by atoms with Crippen molar-refractivity contribution in [2.75, 3.05) is 24.9 Å². The van der Waals surface area contributed by atoms with Crippen molar-refractivity contribution in [3.05, 3.63) is 53.6 Å². The zero-order chi connectivity index (χ0) is 20.9. The van der Waals surface area contributed by atoms with Gasteiger partial charge < -0.3 is 9.64 Å². The molecular weight excluding hydrogens is 388 g/mol. The molecule has 2 aromatic rings. The van der Waals surface area contributed by atoms with E-state index in [-0.39, 0.29) is 16.4 Å². The first-order valence-electron chi connectivity index (χ1n) is 10.0. The number of hydrogen-bond acceptors (Lipinski definition) is 4. The fourth-order valence-electron chi connectivity index (χ4n) is 3.45. The molecule has 0 bridgehead atoms. The van der Waals surface area contributed by atoms with Crippen molar-refractivity contribution < 1.29 is 17.9 Å². The standard InChI is InChI=1S/C22H28N2O4S/c1-3-4-7-17-8-10-18(11-9-17)23-29(26,27)19-12-13-21(28-2)20(16-19)22(25)24-14-5-6-15-24/h8-13,16,23H,3-7,14-15H2,1-2H3. The molecule has 1 aliphatic rings. The second kappa shape index (κ2) is 9.31. The molecule has 156 valence electrons. The van der Waals surface area contributed by atoms with Crippen LogP contribution in [0.5, 0.6) is 5.75 Å². The number of ether oxygens (including phenoxy) is 1. The summed E-state index contributed by atoms with van der Waals surface area (Å²) in [4.78, 5) is 14.6. The highest BCUT2D eigenvalue weighted by molar-refractivity contribution is 7.92. The predicted molar refractivity (Wildman–Crippen MR) is 114 cm³/mol. The van der Waals surface area contributed by atoms with Gasteiger partial charge in [-0.05, 0) is 61.6 Å². The van der Waals surface area contributed by atoms with Gasteiger partial charge in [0.25, 0.3) is 15.9 Å². The molecule has 1 N–H and O–H groups in total. The van der Waals surface area contributed by atoms with Gasteiger partial charge in [0.15, 0.2) is 0 Å². The average molecular weight is 417 g/mol. The van der Waals surface area contributed by atoms with Gasteiger partial charge in [0.1, 0.15) is 5.75 Å². The monoisotopic (exact) mass is 416 g/mol. The minimum absolute atomic E-state index is 0.0379. The van der Waals surface area contributed by atoms with Crippen molar-refractivity contribution in [1.82, 2.24) is 4.90 Å². The summed E-state index contributed by atoms with van der Waals surface area (Å²) in [6.45, 7) is 3.50. The fourth-order valence-corrected chi connectivity index (χ4v) is 4.53. The van der Waals surface area contributed by atoms with Crippen molar-refractivity contribution in [3.63, 3.8) is 0 Å². The van der Waals surface area contributed by atoms with Gasteiger partial charge in [-0.15, -0.1) is 0 Å². The van der Waals surface area contributed by atoms with E-state index < -0.39 is 10.0 Å². The molecule has 0 aliphatic carbocycles. The molecule has 0 spiro atoms. The first-order chi connectivity index (χ1) is 13.9. The minimum Gasteiger partial charge on any atom is -0.496 e. The molecule has 6 nitrogen and oxygen atoms in total. The van der Waals surface area contributed by atoms with E-state index in [0.717, 1.165) is 32.1 Å². The lowest BCUT2D eigenvalue weighted by Gasteiger charge is -2.18. The van der Waals surface area contributed by atoms with Crippen LogP contribution in [-0.2, 0) is 16.4 Å². The van der Waals surface area contributed by atoms with Crippen molar-refractivity contribution in [3.8, 4) is 5.75 Å². The lowest BCUT2D eigenvalue weighted by molar-refractivity contribution is 0.0789. The third-order valence-corrected chi connectivity index (χ3v) is 6.51. The Hall–Kier alpha value is -2.54. The second-order valence-corrected chi connectivity index (χ2v) is 8.95. The van der Waals surface area contributed by atoms with Crippen LogP contribution in [0.3, 0.4) is 0 Å². The number of benzene rings is 2. The largest absolute Gasteiger partial charge is 0.496 e. The molecule has 1 saturated heterocycles. The number of nitrogens with one attached hydrogen (secondary N) is 1. The number of anilines is 1. The highest BCUT2D eigenvalue weighted by Crippen LogP contribution is 2.26. The first-order valence-corrected chi connectivity index (χ1v) is 11.5. The maximum Gasteiger partial charge on any atom is 0.261 e. The van der Waals surface area contributed by atoms with E-state index in [4.69, 9.17) is 4.74 Å². The van der Waals surface area contributed by atoms with Crippen molar-refractivity contribution in [2.45, 2.75) is 43.9 Å². The zero-order valence-electron chi connectivity index (χ0n) is 17.0. The predicted octanol–water partition coefficient (Wildman–Crippen LogP) is 4.07. The van der Waals surface area contributed by atoms with Gasteiger partial charge in [0.2, 0.25) is 0 Å². The SMILES string of the molecule is CCCCc1ccc(NS(=O)(=O)c2ccc(OC)c(C(=O)N3CCCC3)c2)cc1. The summed E-state index contributed by atoms with van der Waals surface area (Å²) in [7, 11) is -2.35. The number of sulfonamides is 1. The summed E-state index contributed by atoms with van der Waals surface area (Å²) in [6.07, 6.45) is 5.11. The molecule has 0 unspecified atom stereocenters. The van der Waals surface area contributed by atoms with Gasteiger partial charge >= 0.3 is 0 Å². The van der Waals surface area contributed by atoms with Gasteiger partial charge in [0.05, 0.1) is 17.6 Å². The van der Waals surface area contributed by atoms with Crippen LogP contribution >= 0.6 is 0 Å². The zero-order valence-corrected chi connectivity index (χ0v) is 17.8. The number of likely N-dealkylation sites (tertiary alicyclic amines) is 1. The number of carbonyl (C=O) groups is 1. The molecule has 0 radical (unpaired) electrons. The molecule has 1 heterocycles. The lowest BCUT2D eigenvalue weighted by Crippen LogP contribution is -2.28. The molecule has 1 amide bonds. The lowest BCUT2D eigenvalue weighted by atomic mass is 10.1. The Bertz CT molecular complexity index is 949. The quantitative estimate of drug-likeness (QED) is 0.704. The van der Waals surface area contributed by atoms with Crippen molar-refractivity contribution >= 4 is 21.6 Å². The van der Waals surface area contributed by atoms with Gasteiger partial charge in [-0.2, -0.15) is 0 Å². The summed E-state index contributed by atoms with van der Waals surface area (Å²) in [5, 5.41) is 0. The summed E-state index contributed by atoms with van der Waals surface area (Å²) in [6, 6.07) is 11.8. The molecule has 1 aliphatic heterocycles. The van der Waals surface area contributed by atoms with E-state index in [0.29, 0.717) is 24.5 Å². The molecule has 2 aromatic carbocycles. The number of aryl methyl sites for hydroxylation is 1. The topological polar surface area (TPSA) is 75.7 Å². The maximum atomic E-state index is 12.9. The average Bonchev–Trinajstić information content (AvgIpc) is 3.27. The highest BCUT2D eigenvalue weighted by atomic mass is 32.2. The molecule has 0 aromatic heterocycles. The number of hydrogen-bond donors (Lipinski definition) is 1. The molecule has 29 heavy (non-hydrogen) atoms. The summed E-state index contributed by atoms with van der Waals surface area (Å²) >= 11 is 0. The Morgan fingerprint density at radius 2 is 1.79 bits per heavy atom. The number of rotatable bonds is 8. The number of carbonyl (C=O) groups excluding carboxylic acids is 1. The summed E-state index contributed by atoms with van der Waals surface area (Å²) in [5.74, 6) is 0.179. The maximum absolute atomic E-state index is 12.9. The van der Waals surface area contributed by atoms with E-state index in [1.807, 2.05) is 12.1 Å². The van der Waals surface area contributed by atoms with E-state index >= 15 is 0 Å². The summed E-state index contributed by atoms with van der Waals surface area (Å²) in [5.41, 5.74) is 1.94. The third kappa shape index (κ3) is 5.09. The molecular formula is C22H28N2O4S. The Labute approximate surface area is 172 Å². The minimum atomic E-state index is -3.82. The van der Waals surface area contributed by atoms with Crippen LogP contribution in [0.25, 0.3) is 0 Å². The van der Waals surface area contributed by atoms with E-state index in [1.165, 1.54) is 30.9 Å². The number of amides is 1. The van der Waals surface area contributed by atoms with Crippen LogP contribution < -0.4 is 9.46 Å².